The molecule has 0 aromatic rings. The van der Waals surface area contributed by atoms with Crippen LogP contribution in [0.4, 0.5) is 0 Å². The second-order valence-corrected chi connectivity index (χ2v) is 4.94. The molecule has 78 valence electrons. The molecule has 1 saturated carbocycles. The largest absolute Gasteiger partial charge is 0.393 e. The number of aliphatic hydroxyl groups excluding tert-OH is 1. The van der Waals surface area contributed by atoms with E-state index in [0.29, 0.717) is 0 Å². The van der Waals surface area contributed by atoms with Gasteiger partial charge in [-0.15, -0.1) is 0 Å². The van der Waals surface area contributed by atoms with Gasteiger partial charge in [0.25, 0.3) is 0 Å². The summed E-state index contributed by atoms with van der Waals surface area (Å²) < 4.78 is 0. The van der Waals surface area contributed by atoms with E-state index in [1.54, 1.807) is 0 Å². The normalized spacial score (nSPS) is 27.7. The highest BCUT2D eigenvalue weighted by Crippen LogP contribution is 2.27. The van der Waals surface area contributed by atoms with E-state index in [-0.39, 0.29) is 6.10 Å². The summed E-state index contributed by atoms with van der Waals surface area (Å²) in [7, 11) is 2.18. The summed E-state index contributed by atoms with van der Waals surface area (Å²) in [6, 6.07) is 0. The van der Waals surface area contributed by atoms with Crippen LogP contribution >= 0.6 is 15.9 Å². The number of unbranched alkanes of at least 4 members (excludes halogenated alkanes) is 1. The van der Waals surface area contributed by atoms with Gasteiger partial charge in [0.15, 0.2) is 0 Å². The first-order chi connectivity index (χ1) is 6.22. The molecule has 0 unspecified atom stereocenters. The Morgan fingerprint density at radius 1 is 1.38 bits per heavy atom. The molecule has 0 aromatic heterocycles. The second-order valence-electron chi connectivity index (χ2n) is 4.15. The zero-order valence-corrected chi connectivity index (χ0v) is 9.96. The number of alkyl halides is 1. The van der Waals surface area contributed by atoms with Crippen molar-refractivity contribution in [2.24, 2.45) is 5.92 Å². The lowest BCUT2D eigenvalue weighted by Crippen LogP contribution is -2.37. The lowest BCUT2D eigenvalue weighted by molar-refractivity contribution is 0.0282. The molecule has 1 N–H and O–H groups in total. The van der Waals surface area contributed by atoms with Gasteiger partial charge in [-0.25, -0.2) is 0 Å². The summed E-state index contributed by atoms with van der Waals surface area (Å²) in [5, 5.41) is 10.2. The molecule has 0 saturated heterocycles. The number of nitrogens with zero attached hydrogens (tertiary/aromatic N) is 1. The van der Waals surface area contributed by atoms with Crippen LogP contribution in [-0.4, -0.2) is 41.6 Å². The Kier molecular flexibility index (Phi) is 5.29. The minimum absolute atomic E-state index is 0.000872. The van der Waals surface area contributed by atoms with E-state index in [4.69, 9.17) is 5.11 Å². The summed E-state index contributed by atoms with van der Waals surface area (Å²) in [6.45, 7) is 2.36. The highest BCUT2D eigenvalue weighted by atomic mass is 79.9. The van der Waals surface area contributed by atoms with Crippen LogP contribution in [-0.2, 0) is 0 Å². The maximum atomic E-state index is 9.12. The van der Waals surface area contributed by atoms with Gasteiger partial charge in [-0.05, 0) is 45.2 Å². The monoisotopic (exact) mass is 249 g/mol. The van der Waals surface area contributed by atoms with Crippen molar-refractivity contribution in [1.82, 2.24) is 4.90 Å². The summed E-state index contributed by atoms with van der Waals surface area (Å²) >= 11 is 3.43. The lowest BCUT2D eigenvalue weighted by atomic mass is 9.82. The first kappa shape index (κ1) is 11.5. The molecule has 0 atom stereocenters. The van der Waals surface area contributed by atoms with E-state index >= 15 is 0 Å². The molecule has 2 nitrogen and oxygen atoms in total. The molecule has 1 aliphatic carbocycles. The molecular formula is C10H20BrNO. The van der Waals surface area contributed by atoms with E-state index < -0.39 is 0 Å². The topological polar surface area (TPSA) is 23.5 Å². The smallest absolute Gasteiger partial charge is 0.0546 e. The van der Waals surface area contributed by atoms with Gasteiger partial charge in [-0.3, -0.25) is 0 Å². The fourth-order valence-corrected chi connectivity index (χ4v) is 2.25. The Morgan fingerprint density at radius 2 is 2.08 bits per heavy atom. The van der Waals surface area contributed by atoms with Crippen LogP contribution in [0.15, 0.2) is 0 Å². The van der Waals surface area contributed by atoms with Crippen molar-refractivity contribution in [3.05, 3.63) is 0 Å². The molecule has 0 spiro atoms. The number of hydrogen-bond acceptors (Lipinski definition) is 2. The van der Waals surface area contributed by atoms with Crippen molar-refractivity contribution in [2.75, 3.05) is 25.5 Å². The van der Waals surface area contributed by atoms with Crippen molar-refractivity contribution in [2.45, 2.75) is 31.8 Å². The summed E-state index contributed by atoms with van der Waals surface area (Å²) in [4.78, 5) is 2.39. The Labute approximate surface area is 89.4 Å². The molecule has 0 aromatic carbocycles. The summed E-state index contributed by atoms with van der Waals surface area (Å²) in [6.07, 6.45) is 4.57. The molecule has 1 rings (SSSR count). The predicted octanol–water partition coefficient (Wildman–Crippen LogP) is 1.86. The average molecular weight is 250 g/mol. The summed E-state index contributed by atoms with van der Waals surface area (Å²) in [5.74, 6) is 0.754. The van der Waals surface area contributed by atoms with E-state index in [0.717, 1.165) is 24.1 Å². The molecular weight excluding hydrogens is 230 g/mol. The van der Waals surface area contributed by atoms with Gasteiger partial charge >= 0.3 is 0 Å². The van der Waals surface area contributed by atoms with Crippen LogP contribution in [0.1, 0.15) is 25.7 Å². The van der Waals surface area contributed by atoms with Crippen LogP contribution in [0.2, 0.25) is 0 Å². The molecule has 0 amide bonds. The lowest BCUT2D eigenvalue weighted by Gasteiger charge is -2.34. The van der Waals surface area contributed by atoms with E-state index in [1.165, 1.54) is 25.9 Å². The zero-order valence-electron chi connectivity index (χ0n) is 8.38. The van der Waals surface area contributed by atoms with Crippen LogP contribution in [0.25, 0.3) is 0 Å². The highest BCUT2D eigenvalue weighted by Gasteiger charge is 2.27. The Bertz CT molecular complexity index is 137. The number of rotatable bonds is 6. The standard InChI is InChI=1S/C10H20BrNO/c1-12(5-3-2-4-11)8-9-6-10(13)7-9/h9-10,13H,2-8H2,1H3. The van der Waals surface area contributed by atoms with Crippen LogP contribution in [0.5, 0.6) is 0 Å². The molecule has 0 heterocycles. The van der Waals surface area contributed by atoms with Gasteiger partial charge in [0.05, 0.1) is 6.10 Å². The third kappa shape index (κ3) is 4.43. The molecule has 1 aliphatic rings. The van der Waals surface area contributed by atoms with Gasteiger partial charge in [0, 0.05) is 11.9 Å². The Balaban J connectivity index is 1.95. The van der Waals surface area contributed by atoms with E-state index in [2.05, 4.69) is 27.9 Å². The van der Waals surface area contributed by atoms with Crippen molar-refractivity contribution in [3.8, 4) is 0 Å². The third-order valence-corrected chi connectivity index (χ3v) is 3.26. The van der Waals surface area contributed by atoms with Gasteiger partial charge < -0.3 is 10.0 Å². The number of aliphatic hydroxyl groups is 1. The molecule has 0 aliphatic heterocycles. The van der Waals surface area contributed by atoms with E-state index in [9.17, 15) is 0 Å². The van der Waals surface area contributed by atoms with Gasteiger partial charge in [-0.1, -0.05) is 15.9 Å². The Morgan fingerprint density at radius 3 is 2.62 bits per heavy atom. The number of halogens is 1. The molecule has 0 bridgehead atoms. The van der Waals surface area contributed by atoms with Crippen LogP contribution in [0.3, 0.4) is 0 Å². The second kappa shape index (κ2) is 5.99. The first-order valence-electron chi connectivity index (χ1n) is 5.15. The first-order valence-corrected chi connectivity index (χ1v) is 6.27. The van der Waals surface area contributed by atoms with Crippen LogP contribution < -0.4 is 0 Å². The average Bonchev–Trinajstić information content (AvgIpc) is 2.02. The Hall–Kier alpha value is 0.400. The minimum atomic E-state index is 0.000872. The third-order valence-electron chi connectivity index (χ3n) is 2.70. The van der Waals surface area contributed by atoms with E-state index in [1.807, 2.05) is 0 Å². The van der Waals surface area contributed by atoms with Crippen molar-refractivity contribution < 1.29 is 5.11 Å². The van der Waals surface area contributed by atoms with Gasteiger partial charge in [-0.2, -0.15) is 0 Å². The van der Waals surface area contributed by atoms with Crippen LogP contribution in [0, 0.1) is 5.92 Å². The fourth-order valence-electron chi connectivity index (χ4n) is 1.86. The van der Waals surface area contributed by atoms with Gasteiger partial charge in [0.2, 0.25) is 0 Å². The highest BCUT2D eigenvalue weighted by molar-refractivity contribution is 9.09. The van der Waals surface area contributed by atoms with Crippen molar-refractivity contribution in [3.63, 3.8) is 0 Å². The van der Waals surface area contributed by atoms with Gasteiger partial charge in [0.1, 0.15) is 0 Å². The SMILES string of the molecule is CN(CCCCBr)CC1CC(O)C1. The molecule has 13 heavy (non-hydrogen) atoms. The molecule has 0 radical (unpaired) electrons. The zero-order chi connectivity index (χ0) is 9.68. The fraction of sp³-hybridized carbons (Fsp3) is 1.00. The maximum Gasteiger partial charge on any atom is 0.0546 e. The minimum Gasteiger partial charge on any atom is -0.393 e. The van der Waals surface area contributed by atoms with Crippen molar-refractivity contribution in [1.29, 1.82) is 0 Å². The van der Waals surface area contributed by atoms with Crippen molar-refractivity contribution >= 4 is 15.9 Å². The molecule has 3 heteroatoms. The maximum absolute atomic E-state index is 9.12. The number of hydrogen-bond donors (Lipinski definition) is 1. The summed E-state index contributed by atoms with van der Waals surface area (Å²) in [5.41, 5.74) is 0. The molecule has 1 fully saturated rings. The quantitative estimate of drug-likeness (QED) is 0.574. The predicted molar refractivity (Wildman–Crippen MR) is 59.3 cm³/mol.